The lowest BCUT2D eigenvalue weighted by molar-refractivity contribution is 0.607. The predicted molar refractivity (Wildman–Crippen MR) is 55.8 cm³/mol. The molecule has 0 nitrogen and oxygen atoms in total. The van der Waals surface area contributed by atoms with Gasteiger partial charge < -0.3 is 0 Å². The minimum absolute atomic E-state index is 0.0425. The molecule has 0 radical (unpaired) electrons. The van der Waals surface area contributed by atoms with E-state index in [1.165, 1.54) is 0 Å². The van der Waals surface area contributed by atoms with Crippen molar-refractivity contribution < 1.29 is 4.39 Å². The van der Waals surface area contributed by atoms with E-state index in [2.05, 4.69) is 15.9 Å². The SMILES string of the molecule is Cc1ccc(F)c(C2CC2CBr)c1. The van der Waals surface area contributed by atoms with Gasteiger partial charge in [-0.25, -0.2) is 4.39 Å². The van der Waals surface area contributed by atoms with E-state index in [-0.39, 0.29) is 5.82 Å². The van der Waals surface area contributed by atoms with Gasteiger partial charge in [-0.1, -0.05) is 33.6 Å². The minimum atomic E-state index is -0.0425. The maximum Gasteiger partial charge on any atom is 0.126 e. The predicted octanol–water partition coefficient (Wildman–Crippen LogP) is 3.63. The van der Waals surface area contributed by atoms with Gasteiger partial charge in [0.25, 0.3) is 0 Å². The second-order valence-corrected chi connectivity index (χ2v) is 4.43. The molecule has 0 aliphatic heterocycles. The molecule has 13 heavy (non-hydrogen) atoms. The first-order valence-corrected chi connectivity index (χ1v) is 5.66. The molecule has 2 rings (SSSR count). The molecule has 2 unspecified atom stereocenters. The first kappa shape index (κ1) is 9.20. The Morgan fingerprint density at radius 1 is 1.54 bits per heavy atom. The molecule has 0 bridgehead atoms. The van der Waals surface area contributed by atoms with Crippen LogP contribution in [0, 0.1) is 18.7 Å². The van der Waals surface area contributed by atoms with Gasteiger partial charge in [-0.2, -0.15) is 0 Å². The third-order valence-corrected chi connectivity index (χ3v) is 3.50. The lowest BCUT2D eigenvalue weighted by Crippen LogP contribution is -1.90. The Balaban J connectivity index is 2.25. The summed E-state index contributed by atoms with van der Waals surface area (Å²) in [5.41, 5.74) is 2.06. The Morgan fingerprint density at radius 2 is 2.31 bits per heavy atom. The topological polar surface area (TPSA) is 0 Å². The molecule has 1 aromatic carbocycles. The number of rotatable bonds is 2. The maximum absolute atomic E-state index is 13.4. The van der Waals surface area contributed by atoms with E-state index in [9.17, 15) is 4.39 Å². The fourth-order valence-corrected chi connectivity index (χ4v) is 2.46. The Labute approximate surface area is 86.3 Å². The van der Waals surface area contributed by atoms with Crippen LogP contribution in [0.3, 0.4) is 0 Å². The molecule has 70 valence electrons. The third kappa shape index (κ3) is 1.78. The summed E-state index contributed by atoms with van der Waals surface area (Å²) in [6.45, 7) is 2.01. The zero-order valence-corrected chi connectivity index (χ0v) is 9.14. The molecule has 0 N–H and O–H groups in total. The van der Waals surface area contributed by atoms with Crippen LogP contribution in [0.5, 0.6) is 0 Å². The normalized spacial score (nSPS) is 26.1. The molecule has 1 saturated carbocycles. The van der Waals surface area contributed by atoms with Gasteiger partial charge in [0.05, 0.1) is 0 Å². The van der Waals surface area contributed by atoms with E-state index in [0.29, 0.717) is 11.8 Å². The summed E-state index contributed by atoms with van der Waals surface area (Å²) in [4.78, 5) is 0. The highest BCUT2D eigenvalue weighted by Gasteiger charge is 2.38. The van der Waals surface area contributed by atoms with Crippen molar-refractivity contribution in [2.45, 2.75) is 19.3 Å². The summed E-state index contributed by atoms with van der Waals surface area (Å²) in [6.07, 6.45) is 1.13. The van der Waals surface area contributed by atoms with Gasteiger partial charge in [-0.05, 0) is 36.8 Å². The summed E-state index contributed by atoms with van der Waals surface area (Å²) < 4.78 is 13.4. The minimum Gasteiger partial charge on any atom is -0.207 e. The number of hydrogen-bond acceptors (Lipinski definition) is 0. The molecule has 1 aliphatic carbocycles. The molecule has 0 spiro atoms. The highest BCUT2D eigenvalue weighted by Crippen LogP contribution is 2.49. The highest BCUT2D eigenvalue weighted by molar-refractivity contribution is 9.09. The van der Waals surface area contributed by atoms with Crippen molar-refractivity contribution >= 4 is 15.9 Å². The van der Waals surface area contributed by atoms with Crippen LogP contribution in [0.1, 0.15) is 23.5 Å². The number of benzene rings is 1. The van der Waals surface area contributed by atoms with Crippen LogP contribution in [-0.2, 0) is 0 Å². The van der Waals surface area contributed by atoms with E-state index in [1.807, 2.05) is 19.1 Å². The summed E-state index contributed by atoms with van der Waals surface area (Å²) in [5.74, 6) is 1.06. The van der Waals surface area contributed by atoms with Gasteiger partial charge in [-0.15, -0.1) is 0 Å². The zero-order chi connectivity index (χ0) is 9.42. The van der Waals surface area contributed by atoms with Crippen LogP contribution in [0.4, 0.5) is 4.39 Å². The van der Waals surface area contributed by atoms with Crippen LogP contribution in [0.25, 0.3) is 0 Å². The summed E-state index contributed by atoms with van der Waals surface area (Å²) in [7, 11) is 0. The molecule has 0 amide bonds. The number of hydrogen-bond donors (Lipinski definition) is 0. The van der Waals surface area contributed by atoms with E-state index in [0.717, 1.165) is 22.9 Å². The molecule has 1 aliphatic rings. The van der Waals surface area contributed by atoms with Gasteiger partial charge in [0, 0.05) is 5.33 Å². The Morgan fingerprint density at radius 3 is 2.92 bits per heavy atom. The van der Waals surface area contributed by atoms with Gasteiger partial charge in [0.2, 0.25) is 0 Å². The average Bonchev–Trinajstić information content (AvgIpc) is 2.88. The van der Waals surface area contributed by atoms with E-state index in [4.69, 9.17) is 0 Å². The van der Waals surface area contributed by atoms with Gasteiger partial charge >= 0.3 is 0 Å². The molecule has 2 atom stereocenters. The lowest BCUT2D eigenvalue weighted by atomic mass is 10.1. The first-order chi connectivity index (χ1) is 6.22. The quantitative estimate of drug-likeness (QED) is 0.696. The van der Waals surface area contributed by atoms with E-state index < -0.39 is 0 Å². The van der Waals surface area contributed by atoms with Crippen LogP contribution in [0.15, 0.2) is 18.2 Å². The van der Waals surface area contributed by atoms with E-state index in [1.54, 1.807) is 6.07 Å². The van der Waals surface area contributed by atoms with Gasteiger partial charge in [0.1, 0.15) is 5.82 Å². The summed E-state index contributed by atoms with van der Waals surface area (Å²) in [6, 6.07) is 5.38. The molecule has 2 heteroatoms. The second kappa shape index (κ2) is 3.41. The molecule has 0 heterocycles. The Bertz CT molecular complexity index is 322. The molecular weight excluding hydrogens is 231 g/mol. The van der Waals surface area contributed by atoms with Gasteiger partial charge in [0.15, 0.2) is 0 Å². The average molecular weight is 243 g/mol. The van der Waals surface area contributed by atoms with Crippen molar-refractivity contribution in [1.29, 1.82) is 0 Å². The van der Waals surface area contributed by atoms with E-state index >= 15 is 0 Å². The maximum atomic E-state index is 13.4. The van der Waals surface area contributed by atoms with Crippen molar-refractivity contribution in [2.75, 3.05) is 5.33 Å². The molecule has 1 fully saturated rings. The van der Waals surface area contributed by atoms with Gasteiger partial charge in [-0.3, -0.25) is 0 Å². The standard InChI is InChI=1S/C11H12BrF/c1-7-2-3-11(13)10(4-7)9-5-8(9)6-12/h2-4,8-9H,5-6H2,1H3. The first-order valence-electron chi connectivity index (χ1n) is 4.54. The summed E-state index contributed by atoms with van der Waals surface area (Å²) in [5, 5.41) is 0.991. The van der Waals surface area contributed by atoms with Crippen LogP contribution in [-0.4, -0.2) is 5.33 Å². The Kier molecular flexibility index (Phi) is 2.41. The van der Waals surface area contributed by atoms with Crippen LogP contribution in [0.2, 0.25) is 0 Å². The van der Waals surface area contributed by atoms with Crippen molar-refractivity contribution in [1.82, 2.24) is 0 Å². The number of alkyl halides is 1. The van der Waals surface area contributed by atoms with Crippen LogP contribution >= 0.6 is 15.9 Å². The fourth-order valence-electron chi connectivity index (χ4n) is 1.75. The molecular formula is C11H12BrF. The molecule has 0 aromatic heterocycles. The monoisotopic (exact) mass is 242 g/mol. The Hall–Kier alpha value is -0.370. The summed E-state index contributed by atoms with van der Waals surface area (Å²) >= 11 is 3.43. The number of aryl methyl sites for hydroxylation is 1. The highest BCUT2D eigenvalue weighted by atomic mass is 79.9. The van der Waals surface area contributed by atoms with Crippen molar-refractivity contribution in [3.63, 3.8) is 0 Å². The molecule has 1 aromatic rings. The molecule has 0 saturated heterocycles. The fraction of sp³-hybridized carbons (Fsp3) is 0.455. The lowest BCUT2D eigenvalue weighted by Gasteiger charge is -2.02. The third-order valence-electron chi connectivity index (χ3n) is 2.67. The zero-order valence-electron chi connectivity index (χ0n) is 7.56. The smallest absolute Gasteiger partial charge is 0.126 e. The second-order valence-electron chi connectivity index (χ2n) is 3.78. The van der Waals surface area contributed by atoms with Crippen molar-refractivity contribution in [3.8, 4) is 0 Å². The van der Waals surface area contributed by atoms with Crippen molar-refractivity contribution in [2.24, 2.45) is 5.92 Å². The van der Waals surface area contributed by atoms with Crippen LogP contribution < -0.4 is 0 Å². The largest absolute Gasteiger partial charge is 0.207 e. The number of halogens is 2. The van der Waals surface area contributed by atoms with Crippen molar-refractivity contribution in [3.05, 3.63) is 35.1 Å².